The topological polar surface area (TPSA) is 122 Å². The van der Waals surface area contributed by atoms with Gasteiger partial charge in [0.15, 0.2) is 0 Å². The number of carbonyl (C=O) groups is 2. The Kier molecular flexibility index (Phi) is 10.7. The summed E-state index contributed by atoms with van der Waals surface area (Å²) in [6.45, 7) is 9.59. The molecular weight excluding hydrogens is 492 g/mol. The molecule has 2 unspecified atom stereocenters. The van der Waals surface area contributed by atoms with Crippen molar-refractivity contribution in [1.82, 2.24) is 10.6 Å². The Morgan fingerprint density at radius 1 is 1.03 bits per heavy atom. The highest BCUT2D eigenvalue weighted by molar-refractivity contribution is 7.90. The van der Waals surface area contributed by atoms with E-state index in [0.717, 1.165) is 22.9 Å². The highest BCUT2D eigenvalue weighted by atomic mass is 32.2. The molecule has 204 valence electrons. The quantitative estimate of drug-likeness (QED) is 0.359. The molecule has 0 spiro atoms. The normalized spacial score (nSPS) is 13.7. The summed E-state index contributed by atoms with van der Waals surface area (Å²) < 4.78 is 29.5. The number of esters is 1. The van der Waals surface area contributed by atoms with E-state index < -0.39 is 33.8 Å². The number of nitrogens with one attached hydrogen (secondary N) is 2. The summed E-state index contributed by atoms with van der Waals surface area (Å²) in [6, 6.07) is 13.0. The van der Waals surface area contributed by atoms with Crippen LogP contribution in [0.4, 0.5) is 0 Å². The lowest BCUT2D eigenvalue weighted by Crippen LogP contribution is -2.53. The first-order valence-electron chi connectivity index (χ1n) is 12.4. The Morgan fingerprint density at radius 2 is 1.68 bits per heavy atom. The molecule has 2 aromatic carbocycles. The number of hydrogen-bond acceptors (Lipinski definition) is 7. The van der Waals surface area contributed by atoms with E-state index in [2.05, 4.69) is 10.6 Å². The number of carbonyl (C=O) groups excluding carboxylic acids is 2. The summed E-state index contributed by atoms with van der Waals surface area (Å²) in [7, 11) is -3.40. The zero-order chi connectivity index (χ0) is 27.8. The molecule has 0 saturated heterocycles. The summed E-state index contributed by atoms with van der Waals surface area (Å²) >= 11 is 0. The average molecular weight is 533 g/mol. The van der Waals surface area contributed by atoms with Gasteiger partial charge in [0.25, 0.3) is 0 Å². The summed E-state index contributed by atoms with van der Waals surface area (Å²) in [5.74, 6) is -1.12. The highest BCUT2D eigenvalue weighted by Gasteiger charge is 2.27. The van der Waals surface area contributed by atoms with Gasteiger partial charge >= 0.3 is 5.97 Å². The predicted molar refractivity (Wildman–Crippen MR) is 145 cm³/mol. The van der Waals surface area contributed by atoms with Crippen molar-refractivity contribution in [2.24, 2.45) is 5.92 Å². The van der Waals surface area contributed by atoms with Crippen molar-refractivity contribution in [2.75, 3.05) is 18.6 Å². The molecule has 0 aromatic heterocycles. The Balaban J connectivity index is 2.09. The Morgan fingerprint density at radius 3 is 2.24 bits per heavy atom. The number of benzene rings is 2. The zero-order valence-corrected chi connectivity index (χ0v) is 23.4. The molecule has 0 heterocycles. The molecule has 1 amide bonds. The lowest BCUT2D eigenvalue weighted by atomic mass is 9.85. The molecule has 3 N–H and O–H groups in total. The number of hydrogen-bond donors (Lipinski definition) is 3. The molecule has 0 radical (unpaired) electrons. The monoisotopic (exact) mass is 532 g/mol. The maximum Gasteiger partial charge on any atom is 0.320 e. The van der Waals surface area contributed by atoms with E-state index in [1.807, 2.05) is 71.0 Å². The Bertz CT molecular complexity index is 1160. The second kappa shape index (κ2) is 13.1. The maximum absolute atomic E-state index is 13.2. The predicted octanol–water partition coefficient (Wildman–Crippen LogP) is 3.12. The van der Waals surface area contributed by atoms with Gasteiger partial charge in [0.1, 0.15) is 22.2 Å². The number of phenolic OH excluding ortho intramolecular Hbond substituents is 1. The fourth-order valence-corrected chi connectivity index (χ4v) is 4.95. The van der Waals surface area contributed by atoms with Gasteiger partial charge < -0.3 is 15.2 Å². The van der Waals surface area contributed by atoms with Crippen LogP contribution < -0.4 is 10.6 Å². The molecule has 0 saturated carbocycles. The molecule has 2 atom stereocenters. The van der Waals surface area contributed by atoms with E-state index in [1.165, 1.54) is 0 Å². The first-order valence-corrected chi connectivity index (χ1v) is 14.4. The number of sulfone groups is 1. The van der Waals surface area contributed by atoms with Gasteiger partial charge in [-0.25, -0.2) is 8.42 Å². The molecule has 0 aliphatic rings. The van der Waals surface area contributed by atoms with E-state index in [1.54, 1.807) is 12.1 Å². The molecule has 9 heteroatoms. The minimum absolute atomic E-state index is 0.138. The third-order valence-electron chi connectivity index (χ3n) is 5.86. The highest BCUT2D eigenvalue weighted by Crippen LogP contribution is 2.31. The second-order valence-corrected chi connectivity index (χ2v) is 13.0. The van der Waals surface area contributed by atoms with Crippen molar-refractivity contribution in [2.45, 2.75) is 65.1 Å². The van der Waals surface area contributed by atoms with Crippen molar-refractivity contribution in [3.8, 4) is 5.75 Å². The van der Waals surface area contributed by atoms with Crippen LogP contribution in [0.5, 0.6) is 5.75 Å². The third-order valence-corrected chi connectivity index (χ3v) is 6.87. The molecule has 37 heavy (non-hydrogen) atoms. The molecule has 2 aromatic rings. The van der Waals surface area contributed by atoms with Gasteiger partial charge in [0.05, 0.1) is 18.3 Å². The van der Waals surface area contributed by atoms with Crippen molar-refractivity contribution in [3.05, 3.63) is 65.2 Å². The van der Waals surface area contributed by atoms with E-state index in [-0.39, 0.29) is 42.4 Å². The minimum atomic E-state index is -3.40. The van der Waals surface area contributed by atoms with Gasteiger partial charge in [-0.1, -0.05) is 77.1 Å². The van der Waals surface area contributed by atoms with Gasteiger partial charge in [-0.2, -0.15) is 0 Å². The van der Waals surface area contributed by atoms with Crippen molar-refractivity contribution in [1.29, 1.82) is 0 Å². The molecule has 0 aliphatic carbocycles. The van der Waals surface area contributed by atoms with Gasteiger partial charge in [-0.05, 0) is 40.5 Å². The fourth-order valence-electron chi connectivity index (χ4n) is 4.02. The van der Waals surface area contributed by atoms with Crippen LogP contribution in [-0.2, 0) is 42.6 Å². The number of phenols is 1. The van der Waals surface area contributed by atoms with Crippen LogP contribution in [0.1, 0.15) is 51.3 Å². The maximum atomic E-state index is 13.2. The molecule has 8 nitrogen and oxygen atoms in total. The number of amides is 1. The lowest BCUT2D eigenvalue weighted by molar-refractivity contribution is -0.144. The summed E-state index contributed by atoms with van der Waals surface area (Å²) in [4.78, 5) is 25.4. The van der Waals surface area contributed by atoms with Crippen LogP contribution in [0.3, 0.4) is 0 Å². The van der Waals surface area contributed by atoms with Crippen LogP contribution in [0.15, 0.2) is 48.5 Å². The van der Waals surface area contributed by atoms with Crippen LogP contribution in [-0.4, -0.2) is 56.0 Å². The van der Waals surface area contributed by atoms with Gasteiger partial charge in [0, 0.05) is 12.3 Å². The Labute approximate surface area is 220 Å². The van der Waals surface area contributed by atoms with Crippen LogP contribution in [0.25, 0.3) is 0 Å². The summed E-state index contributed by atoms with van der Waals surface area (Å²) in [6.07, 6.45) is 1.40. The van der Waals surface area contributed by atoms with E-state index >= 15 is 0 Å². The Hall–Kier alpha value is -2.91. The third kappa shape index (κ3) is 10.5. The zero-order valence-electron chi connectivity index (χ0n) is 22.6. The molecular formula is C28H40N2O6S. The van der Waals surface area contributed by atoms with E-state index in [9.17, 15) is 23.1 Å². The fraction of sp³-hybridized carbons (Fsp3) is 0.500. The van der Waals surface area contributed by atoms with Gasteiger partial charge in [-0.3, -0.25) is 14.9 Å². The summed E-state index contributed by atoms with van der Waals surface area (Å²) in [5.41, 5.74) is 2.10. The first kappa shape index (κ1) is 30.3. The van der Waals surface area contributed by atoms with Crippen LogP contribution in [0.2, 0.25) is 0 Å². The van der Waals surface area contributed by atoms with Crippen molar-refractivity contribution in [3.63, 3.8) is 0 Å². The molecule has 0 bridgehead atoms. The number of aromatic hydroxyl groups is 1. The smallest absolute Gasteiger partial charge is 0.320 e. The van der Waals surface area contributed by atoms with Crippen LogP contribution >= 0.6 is 0 Å². The van der Waals surface area contributed by atoms with Crippen LogP contribution in [0, 0.1) is 5.92 Å². The SMILES string of the molecule is CC(C)C(NCC(=O)OCc1ccccc1)C(=O)NC(Cc1ccc(O)c(C(C)(C)C)c1)CS(C)(=O)=O. The van der Waals surface area contributed by atoms with Gasteiger partial charge in [0.2, 0.25) is 5.91 Å². The molecule has 0 aliphatic heterocycles. The largest absolute Gasteiger partial charge is 0.508 e. The first-order chi connectivity index (χ1) is 17.2. The summed E-state index contributed by atoms with van der Waals surface area (Å²) in [5, 5.41) is 16.1. The van der Waals surface area contributed by atoms with Crippen molar-refractivity contribution >= 4 is 21.7 Å². The molecule has 0 fully saturated rings. The van der Waals surface area contributed by atoms with Crippen molar-refractivity contribution < 1.29 is 27.9 Å². The molecule has 2 rings (SSSR count). The van der Waals surface area contributed by atoms with Gasteiger partial charge in [-0.15, -0.1) is 0 Å². The number of ether oxygens (including phenoxy) is 1. The second-order valence-electron chi connectivity index (χ2n) is 10.9. The number of rotatable bonds is 12. The van der Waals surface area contributed by atoms with E-state index in [0.29, 0.717) is 0 Å². The minimum Gasteiger partial charge on any atom is -0.508 e. The standard InChI is InChI=1S/C28H40N2O6S/c1-19(2)26(29-16-25(32)36-17-20-10-8-7-9-11-20)27(33)30-22(18-37(6,34)35)14-21-12-13-24(31)23(15-21)28(3,4)5/h7-13,15,19,22,26,29,31H,14,16-18H2,1-6H3,(H,30,33). The lowest BCUT2D eigenvalue weighted by Gasteiger charge is -2.26. The average Bonchev–Trinajstić information content (AvgIpc) is 2.77. The van der Waals surface area contributed by atoms with E-state index in [4.69, 9.17) is 4.74 Å².